The first-order valence-electron chi connectivity index (χ1n) is 14.1. The number of amides is 1. The molecule has 3 rings (SSSR count). The molecule has 4 nitrogen and oxygen atoms in total. The molecular weight excluding hydrogens is 482 g/mol. The second-order valence-corrected chi connectivity index (χ2v) is 12.5. The van der Waals surface area contributed by atoms with Gasteiger partial charge in [0.15, 0.2) is 0 Å². The predicted molar refractivity (Wildman–Crippen MR) is 168 cm³/mol. The summed E-state index contributed by atoms with van der Waals surface area (Å²) in [4.78, 5) is 23.1. The lowest BCUT2D eigenvalue weighted by atomic mass is 9.89. The maximum atomic E-state index is 12.3. The van der Waals surface area contributed by atoms with Crippen LogP contribution in [-0.4, -0.2) is 19.0 Å². The van der Waals surface area contributed by atoms with Crippen LogP contribution in [0.25, 0.3) is 21.9 Å². The van der Waals surface area contributed by atoms with Crippen LogP contribution in [0.3, 0.4) is 0 Å². The van der Waals surface area contributed by atoms with Crippen molar-refractivity contribution in [2.24, 2.45) is 16.2 Å². The molecule has 39 heavy (non-hydrogen) atoms. The average molecular weight is 534 g/mol. The number of fused-ring (bicyclic) bond motifs is 1. The van der Waals surface area contributed by atoms with Gasteiger partial charge in [-0.25, -0.2) is 0 Å². The molecular formula is C35H51NO3. The van der Waals surface area contributed by atoms with E-state index >= 15 is 0 Å². The molecule has 3 aromatic carbocycles. The number of ether oxygens (including phenoxy) is 1. The molecule has 0 aliphatic carbocycles. The third kappa shape index (κ3) is 11.2. The number of rotatable bonds is 6. The summed E-state index contributed by atoms with van der Waals surface area (Å²) in [6, 6.07) is 22.9. The Kier molecular flexibility index (Phi) is 12.9. The van der Waals surface area contributed by atoms with E-state index in [1.54, 1.807) is 0 Å². The number of hydrogen-bond donors (Lipinski definition) is 1. The summed E-state index contributed by atoms with van der Waals surface area (Å²) in [5.41, 5.74) is 3.05. The molecule has 0 heterocycles. The molecule has 1 N–H and O–H groups in total. The van der Waals surface area contributed by atoms with Crippen molar-refractivity contribution in [2.75, 3.05) is 12.4 Å². The molecule has 0 saturated heterocycles. The minimum atomic E-state index is -0.350. The number of hydrogen-bond acceptors (Lipinski definition) is 3. The van der Waals surface area contributed by atoms with Crippen LogP contribution < -0.4 is 5.32 Å². The summed E-state index contributed by atoms with van der Waals surface area (Å²) < 4.78 is 4.57. The van der Waals surface area contributed by atoms with E-state index in [2.05, 4.69) is 92.3 Å². The van der Waals surface area contributed by atoms with Crippen LogP contribution in [0.15, 0.2) is 66.7 Å². The van der Waals surface area contributed by atoms with Crippen LogP contribution in [0.1, 0.15) is 88.5 Å². The number of carbonyl (C=O) groups is 2. The Morgan fingerprint density at radius 3 is 1.59 bits per heavy atom. The summed E-state index contributed by atoms with van der Waals surface area (Å²) in [6.45, 7) is 20.6. The summed E-state index contributed by atoms with van der Waals surface area (Å²) >= 11 is 0. The first-order chi connectivity index (χ1) is 18.1. The second-order valence-electron chi connectivity index (χ2n) is 12.5. The maximum absolute atomic E-state index is 12.3. The predicted octanol–water partition coefficient (Wildman–Crippen LogP) is 9.92. The SMILES string of the molecule is CCC(C)(C)C.CCC(C)(C)C(=O)Nc1ccc(-c2ccc3ccccc3c2)cc1.CCC(C)(C)C(=O)OC. The zero-order chi connectivity index (χ0) is 29.9. The van der Waals surface area contributed by atoms with Gasteiger partial charge >= 0.3 is 5.97 Å². The molecule has 0 spiro atoms. The lowest BCUT2D eigenvalue weighted by Crippen LogP contribution is -2.29. The quantitative estimate of drug-likeness (QED) is 0.321. The molecule has 1 amide bonds. The molecule has 0 unspecified atom stereocenters. The molecule has 0 saturated carbocycles. The van der Waals surface area contributed by atoms with E-state index in [1.807, 2.05) is 53.7 Å². The zero-order valence-electron chi connectivity index (χ0n) is 26.2. The molecule has 3 aromatic rings. The number of anilines is 1. The summed E-state index contributed by atoms with van der Waals surface area (Å²) in [5, 5.41) is 5.48. The van der Waals surface area contributed by atoms with E-state index in [0.29, 0.717) is 5.41 Å². The van der Waals surface area contributed by atoms with Gasteiger partial charge < -0.3 is 10.1 Å². The highest BCUT2D eigenvalue weighted by Crippen LogP contribution is 2.27. The fourth-order valence-electron chi connectivity index (χ4n) is 3.00. The highest BCUT2D eigenvalue weighted by atomic mass is 16.5. The summed E-state index contributed by atoms with van der Waals surface area (Å²) in [5.74, 6) is -0.0755. The second kappa shape index (κ2) is 14.9. The first-order valence-corrected chi connectivity index (χ1v) is 14.1. The average Bonchev–Trinajstić information content (AvgIpc) is 2.92. The lowest BCUT2D eigenvalue weighted by molar-refractivity contribution is -0.150. The maximum Gasteiger partial charge on any atom is 0.311 e. The Balaban J connectivity index is 0.000000420. The molecule has 214 valence electrons. The largest absolute Gasteiger partial charge is 0.469 e. The molecule has 0 atom stereocenters. The third-order valence-corrected chi connectivity index (χ3v) is 7.41. The van der Waals surface area contributed by atoms with Gasteiger partial charge in [-0.2, -0.15) is 0 Å². The first kappa shape index (κ1) is 33.9. The smallest absolute Gasteiger partial charge is 0.311 e. The van der Waals surface area contributed by atoms with Crippen molar-refractivity contribution < 1.29 is 14.3 Å². The molecule has 0 aliphatic heterocycles. The fraction of sp³-hybridized carbons (Fsp3) is 0.486. The molecule has 0 aliphatic rings. The summed E-state index contributed by atoms with van der Waals surface area (Å²) in [7, 11) is 1.42. The van der Waals surface area contributed by atoms with E-state index in [-0.39, 0.29) is 22.7 Å². The Labute approximate surface area is 237 Å². The Bertz CT molecular complexity index is 1180. The molecule has 0 radical (unpaired) electrons. The van der Waals surface area contributed by atoms with Crippen LogP contribution in [0.4, 0.5) is 5.69 Å². The number of benzene rings is 3. The van der Waals surface area contributed by atoms with Crippen molar-refractivity contribution in [1.82, 2.24) is 0 Å². The standard InChI is InChI=1S/C22H23NO.C7H14O2.C6H14/c1-4-22(2,3)21(24)23-20-13-11-17(12-14-20)19-10-9-16-7-5-6-8-18(16)15-19;1-5-7(2,3)6(8)9-4;1-5-6(2,3)4/h5-15H,4H2,1-3H3,(H,23,24);5H2,1-4H3;5H2,1-4H3. The van der Waals surface area contributed by atoms with Gasteiger partial charge in [-0.05, 0) is 72.2 Å². The fourth-order valence-corrected chi connectivity index (χ4v) is 3.00. The van der Waals surface area contributed by atoms with Gasteiger partial charge in [0.05, 0.1) is 12.5 Å². The van der Waals surface area contributed by atoms with Crippen molar-refractivity contribution in [1.29, 1.82) is 0 Å². The third-order valence-electron chi connectivity index (χ3n) is 7.41. The van der Waals surface area contributed by atoms with Crippen molar-refractivity contribution in [3.05, 3.63) is 66.7 Å². The number of esters is 1. The Morgan fingerprint density at radius 1 is 0.667 bits per heavy atom. The van der Waals surface area contributed by atoms with Crippen LogP contribution >= 0.6 is 0 Å². The van der Waals surface area contributed by atoms with Crippen molar-refractivity contribution >= 4 is 28.3 Å². The van der Waals surface area contributed by atoms with Crippen LogP contribution in [0.5, 0.6) is 0 Å². The van der Waals surface area contributed by atoms with Gasteiger partial charge in [-0.1, -0.05) is 110 Å². The van der Waals surface area contributed by atoms with Gasteiger partial charge in [-0.3, -0.25) is 9.59 Å². The van der Waals surface area contributed by atoms with Crippen LogP contribution in [0, 0.1) is 16.2 Å². The Hall–Kier alpha value is -3.14. The highest BCUT2D eigenvalue weighted by molar-refractivity contribution is 5.95. The monoisotopic (exact) mass is 533 g/mol. The van der Waals surface area contributed by atoms with Crippen molar-refractivity contribution in [3.63, 3.8) is 0 Å². The highest BCUT2D eigenvalue weighted by Gasteiger charge is 2.26. The molecule has 0 aromatic heterocycles. The van der Waals surface area contributed by atoms with E-state index in [4.69, 9.17) is 0 Å². The van der Waals surface area contributed by atoms with E-state index in [9.17, 15) is 9.59 Å². The molecule has 0 fully saturated rings. The van der Waals surface area contributed by atoms with E-state index in [0.717, 1.165) is 24.1 Å². The molecule has 0 bridgehead atoms. The van der Waals surface area contributed by atoms with Gasteiger partial charge in [0, 0.05) is 11.1 Å². The molecule has 4 heteroatoms. The number of nitrogens with one attached hydrogen (secondary N) is 1. The van der Waals surface area contributed by atoms with Crippen molar-refractivity contribution in [3.8, 4) is 11.1 Å². The zero-order valence-corrected chi connectivity index (χ0v) is 26.2. The van der Waals surface area contributed by atoms with E-state index in [1.165, 1.54) is 29.9 Å². The topological polar surface area (TPSA) is 55.4 Å². The van der Waals surface area contributed by atoms with Gasteiger partial charge in [0.1, 0.15) is 0 Å². The van der Waals surface area contributed by atoms with Crippen molar-refractivity contribution in [2.45, 2.75) is 88.5 Å². The normalized spacial score (nSPS) is 11.5. The van der Waals surface area contributed by atoms with Crippen LogP contribution in [0.2, 0.25) is 0 Å². The lowest BCUT2D eigenvalue weighted by Gasteiger charge is -2.21. The Morgan fingerprint density at radius 2 is 1.15 bits per heavy atom. The van der Waals surface area contributed by atoms with Gasteiger partial charge in [0.25, 0.3) is 0 Å². The van der Waals surface area contributed by atoms with Crippen LogP contribution in [-0.2, 0) is 14.3 Å². The minimum Gasteiger partial charge on any atom is -0.469 e. The van der Waals surface area contributed by atoms with Gasteiger partial charge in [-0.15, -0.1) is 0 Å². The summed E-state index contributed by atoms with van der Waals surface area (Å²) in [6.07, 6.45) is 2.90. The number of carbonyl (C=O) groups excluding carboxylic acids is 2. The van der Waals surface area contributed by atoms with Gasteiger partial charge in [0.2, 0.25) is 5.91 Å². The van der Waals surface area contributed by atoms with E-state index < -0.39 is 0 Å². The number of methoxy groups -OCH3 is 1. The minimum absolute atomic E-state index is 0.0588.